The molecule has 0 spiro atoms. The fourth-order valence-electron chi connectivity index (χ4n) is 0.827. The van der Waals surface area contributed by atoms with Gasteiger partial charge >= 0.3 is 5.97 Å². The first-order chi connectivity index (χ1) is 6.06. The lowest BCUT2D eigenvalue weighted by molar-refractivity contribution is -0.151. The molecule has 0 saturated carbocycles. The summed E-state index contributed by atoms with van der Waals surface area (Å²) in [6.45, 7) is 3.43. The van der Waals surface area contributed by atoms with Crippen molar-refractivity contribution in [2.45, 2.75) is 20.0 Å². The van der Waals surface area contributed by atoms with Crippen LogP contribution in [0.15, 0.2) is 4.42 Å². The molecule has 1 atom stereocenters. The first-order valence-electron chi connectivity index (χ1n) is 3.76. The number of aliphatic hydroxyl groups excluding tert-OH is 1. The zero-order valence-corrected chi connectivity index (χ0v) is 7.70. The van der Waals surface area contributed by atoms with Gasteiger partial charge in [0, 0.05) is 0 Å². The third-order valence-corrected chi connectivity index (χ3v) is 1.70. The van der Waals surface area contributed by atoms with Crippen molar-refractivity contribution in [2.75, 3.05) is 7.11 Å². The molecule has 0 fully saturated rings. The number of methoxy groups -OCH3 is 1. The molecule has 0 aliphatic heterocycles. The van der Waals surface area contributed by atoms with Crippen molar-refractivity contribution in [3.63, 3.8) is 0 Å². The highest BCUT2D eigenvalue weighted by molar-refractivity contribution is 5.74. The molecular formula is C8H11NO4. The Kier molecular flexibility index (Phi) is 2.67. The van der Waals surface area contributed by atoms with Gasteiger partial charge in [-0.05, 0) is 13.8 Å². The lowest BCUT2D eigenvalue weighted by Gasteiger charge is -2.02. The molecule has 1 unspecified atom stereocenters. The summed E-state index contributed by atoms with van der Waals surface area (Å²) in [6.07, 6.45) is -1.43. The number of aromatic nitrogens is 1. The van der Waals surface area contributed by atoms with E-state index in [1.165, 1.54) is 7.11 Å². The van der Waals surface area contributed by atoms with Crippen LogP contribution in [0.3, 0.4) is 0 Å². The number of oxazole rings is 1. The van der Waals surface area contributed by atoms with Crippen molar-refractivity contribution < 1.29 is 19.1 Å². The summed E-state index contributed by atoms with van der Waals surface area (Å²) in [5.41, 5.74) is 0.651. The predicted octanol–water partition coefficient (Wildman–Crippen LogP) is 0.498. The maximum Gasteiger partial charge on any atom is 0.344 e. The quantitative estimate of drug-likeness (QED) is 0.679. The van der Waals surface area contributed by atoms with Gasteiger partial charge in [-0.3, -0.25) is 0 Å². The van der Waals surface area contributed by atoms with Crippen LogP contribution >= 0.6 is 0 Å². The monoisotopic (exact) mass is 185 g/mol. The van der Waals surface area contributed by atoms with E-state index < -0.39 is 12.1 Å². The zero-order valence-electron chi connectivity index (χ0n) is 7.70. The number of esters is 1. The van der Waals surface area contributed by atoms with Crippen LogP contribution < -0.4 is 0 Å². The topological polar surface area (TPSA) is 72.6 Å². The average molecular weight is 185 g/mol. The molecule has 0 amide bonds. The highest BCUT2D eigenvalue weighted by atomic mass is 16.5. The second-order valence-corrected chi connectivity index (χ2v) is 2.62. The van der Waals surface area contributed by atoms with Crippen molar-refractivity contribution in [3.05, 3.63) is 17.3 Å². The normalized spacial score (nSPS) is 12.6. The number of aryl methyl sites for hydroxylation is 2. The number of hydrogen-bond donors (Lipinski definition) is 1. The molecule has 5 heteroatoms. The standard InChI is InChI=1S/C8H11NO4/c1-4-5(2)13-7(9-4)6(10)8(11)12-3/h6,10H,1-3H3. The van der Waals surface area contributed by atoms with E-state index in [0.717, 1.165) is 0 Å². The number of rotatable bonds is 2. The molecule has 72 valence electrons. The maximum atomic E-state index is 10.9. The second kappa shape index (κ2) is 3.57. The first kappa shape index (κ1) is 9.73. The maximum absolute atomic E-state index is 10.9. The van der Waals surface area contributed by atoms with Crippen LogP contribution in [0.2, 0.25) is 0 Å². The summed E-state index contributed by atoms with van der Waals surface area (Å²) in [7, 11) is 1.19. The Labute approximate surface area is 75.3 Å². The van der Waals surface area contributed by atoms with E-state index in [-0.39, 0.29) is 5.89 Å². The molecule has 1 aromatic heterocycles. The van der Waals surface area contributed by atoms with Gasteiger partial charge in [0.05, 0.1) is 12.8 Å². The number of carbonyl (C=O) groups is 1. The van der Waals surface area contributed by atoms with E-state index in [1.54, 1.807) is 13.8 Å². The number of ether oxygens (including phenoxy) is 1. The van der Waals surface area contributed by atoms with Crippen molar-refractivity contribution >= 4 is 5.97 Å². The van der Waals surface area contributed by atoms with E-state index in [2.05, 4.69) is 9.72 Å². The Morgan fingerprint density at radius 3 is 2.62 bits per heavy atom. The van der Waals surface area contributed by atoms with Crippen molar-refractivity contribution in [1.29, 1.82) is 0 Å². The molecule has 1 aromatic rings. The summed E-state index contributed by atoms with van der Waals surface area (Å²) in [5, 5.41) is 9.30. The lowest BCUT2D eigenvalue weighted by Crippen LogP contribution is -2.13. The van der Waals surface area contributed by atoms with Gasteiger partial charge in [-0.2, -0.15) is 0 Å². The van der Waals surface area contributed by atoms with Crippen molar-refractivity contribution in [2.24, 2.45) is 0 Å². The molecule has 0 saturated heterocycles. The van der Waals surface area contributed by atoms with E-state index in [0.29, 0.717) is 11.5 Å². The Bertz CT molecular complexity index is 298. The molecule has 1 heterocycles. The Morgan fingerprint density at radius 1 is 1.62 bits per heavy atom. The van der Waals surface area contributed by atoms with Gasteiger partial charge < -0.3 is 14.3 Å². The third kappa shape index (κ3) is 1.86. The molecule has 0 radical (unpaired) electrons. The summed E-state index contributed by atoms with van der Waals surface area (Å²) < 4.78 is 9.36. The van der Waals surface area contributed by atoms with E-state index in [4.69, 9.17) is 4.42 Å². The summed E-state index contributed by atoms with van der Waals surface area (Å²) >= 11 is 0. The SMILES string of the molecule is COC(=O)C(O)c1nc(C)c(C)o1. The molecular weight excluding hydrogens is 174 g/mol. The highest BCUT2D eigenvalue weighted by Crippen LogP contribution is 2.16. The minimum absolute atomic E-state index is 0.0261. The average Bonchev–Trinajstić information content (AvgIpc) is 2.44. The van der Waals surface area contributed by atoms with Gasteiger partial charge in [-0.25, -0.2) is 9.78 Å². The van der Waals surface area contributed by atoms with Gasteiger partial charge in [0.1, 0.15) is 5.76 Å². The highest BCUT2D eigenvalue weighted by Gasteiger charge is 2.23. The number of hydrogen-bond acceptors (Lipinski definition) is 5. The third-order valence-electron chi connectivity index (χ3n) is 1.70. The van der Waals surface area contributed by atoms with E-state index >= 15 is 0 Å². The minimum Gasteiger partial charge on any atom is -0.467 e. The molecule has 0 aromatic carbocycles. The molecule has 1 rings (SSSR count). The largest absolute Gasteiger partial charge is 0.467 e. The van der Waals surface area contributed by atoms with Crippen LogP contribution in [-0.2, 0) is 9.53 Å². The lowest BCUT2D eigenvalue weighted by atomic mass is 10.3. The van der Waals surface area contributed by atoms with Gasteiger partial charge in [0.2, 0.25) is 12.0 Å². The first-order valence-corrected chi connectivity index (χ1v) is 3.76. The Morgan fingerprint density at radius 2 is 2.23 bits per heavy atom. The number of carbonyl (C=O) groups excluding carboxylic acids is 1. The summed E-state index contributed by atoms with van der Waals surface area (Å²) in [6, 6.07) is 0. The summed E-state index contributed by atoms with van der Waals surface area (Å²) in [4.78, 5) is 14.7. The molecule has 13 heavy (non-hydrogen) atoms. The van der Waals surface area contributed by atoms with E-state index in [9.17, 15) is 9.90 Å². The van der Waals surface area contributed by atoms with E-state index in [1.807, 2.05) is 0 Å². The Hall–Kier alpha value is -1.36. The van der Waals surface area contributed by atoms with Crippen molar-refractivity contribution in [1.82, 2.24) is 4.98 Å². The Balaban J connectivity index is 2.89. The van der Waals surface area contributed by atoms with Gasteiger partial charge in [-0.1, -0.05) is 0 Å². The molecule has 1 N–H and O–H groups in total. The van der Waals surface area contributed by atoms with Crippen LogP contribution in [0.5, 0.6) is 0 Å². The smallest absolute Gasteiger partial charge is 0.344 e. The molecule has 5 nitrogen and oxygen atoms in total. The molecule has 0 aliphatic rings. The molecule has 0 aliphatic carbocycles. The van der Waals surface area contributed by atoms with Crippen LogP contribution in [0.1, 0.15) is 23.4 Å². The van der Waals surface area contributed by atoms with Gasteiger partial charge in [0.25, 0.3) is 0 Å². The van der Waals surface area contributed by atoms with Crippen LogP contribution in [0, 0.1) is 13.8 Å². The fourth-order valence-corrected chi connectivity index (χ4v) is 0.827. The van der Waals surface area contributed by atoms with Crippen LogP contribution in [0.25, 0.3) is 0 Å². The van der Waals surface area contributed by atoms with Crippen molar-refractivity contribution in [3.8, 4) is 0 Å². The van der Waals surface area contributed by atoms with Gasteiger partial charge in [-0.15, -0.1) is 0 Å². The second-order valence-electron chi connectivity index (χ2n) is 2.62. The van der Waals surface area contributed by atoms with Crippen LogP contribution in [0.4, 0.5) is 0 Å². The number of aliphatic hydroxyl groups is 1. The predicted molar refractivity (Wildman–Crippen MR) is 43.0 cm³/mol. The summed E-state index contributed by atoms with van der Waals surface area (Å²) in [5.74, 6) is -0.221. The van der Waals surface area contributed by atoms with Gasteiger partial charge in [0.15, 0.2) is 0 Å². The molecule has 0 bridgehead atoms. The van der Waals surface area contributed by atoms with Crippen LogP contribution in [-0.4, -0.2) is 23.2 Å². The number of nitrogens with zero attached hydrogens (tertiary/aromatic N) is 1. The minimum atomic E-state index is -1.43. The zero-order chi connectivity index (χ0) is 10.0. The fraction of sp³-hybridized carbons (Fsp3) is 0.500.